The molecule has 1 aliphatic heterocycles. The van der Waals surface area contributed by atoms with E-state index in [1.54, 1.807) is 6.92 Å². The van der Waals surface area contributed by atoms with E-state index in [2.05, 4.69) is 18.7 Å². The number of rotatable bonds is 2. The van der Waals surface area contributed by atoms with Gasteiger partial charge in [-0.05, 0) is 37.6 Å². The molecule has 3 heteroatoms. The molecule has 1 aromatic carbocycles. The van der Waals surface area contributed by atoms with E-state index in [0.29, 0.717) is 0 Å². The molecule has 1 saturated heterocycles. The number of Topliss-reactive ketones (excluding diaryl/α,β-unsaturated/α-hetero) is 1. The molecule has 1 unspecified atom stereocenters. The van der Waals surface area contributed by atoms with Gasteiger partial charge in [-0.2, -0.15) is 0 Å². The van der Waals surface area contributed by atoms with Gasteiger partial charge in [-0.3, -0.25) is 4.79 Å². The second kappa shape index (κ2) is 4.73. The van der Waals surface area contributed by atoms with Gasteiger partial charge in [0.05, 0.1) is 6.10 Å². The molecule has 0 aliphatic carbocycles. The standard InChI is InChI=1S/C15H21NO2/c1-11(17)12-4-6-13(7-5-12)16-9-8-14(18)15(2,3)10-16/h4-7,14,18H,8-10H2,1-3H3. The molecule has 1 atom stereocenters. The summed E-state index contributed by atoms with van der Waals surface area (Å²) in [6, 6.07) is 7.72. The van der Waals surface area contributed by atoms with Crippen LogP contribution in [0.4, 0.5) is 5.69 Å². The van der Waals surface area contributed by atoms with Crippen LogP contribution in [-0.4, -0.2) is 30.1 Å². The molecule has 1 heterocycles. The molecule has 1 aliphatic rings. The Morgan fingerprint density at radius 3 is 2.44 bits per heavy atom. The smallest absolute Gasteiger partial charge is 0.159 e. The van der Waals surface area contributed by atoms with E-state index in [9.17, 15) is 9.90 Å². The first-order valence-corrected chi connectivity index (χ1v) is 6.44. The van der Waals surface area contributed by atoms with E-state index in [-0.39, 0.29) is 17.3 Å². The summed E-state index contributed by atoms with van der Waals surface area (Å²) in [4.78, 5) is 13.5. The molecule has 18 heavy (non-hydrogen) atoms. The minimum absolute atomic E-state index is 0.0858. The molecule has 1 N–H and O–H groups in total. The lowest BCUT2D eigenvalue weighted by Crippen LogP contribution is -2.48. The average molecular weight is 247 g/mol. The van der Waals surface area contributed by atoms with Gasteiger partial charge in [-0.25, -0.2) is 0 Å². The number of piperidine rings is 1. The van der Waals surface area contributed by atoms with Gasteiger partial charge >= 0.3 is 0 Å². The number of hydrogen-bond acceptors (Lipinski definition) is 3. The number of aliphatic hydroxyl groups is 1. The van der Waals surface area contributed by atoms with E-state index >= 15 is 0 Å². The maximum atomic E-state index is 11.2. The van der Waals surface area contributed by atoms with Gasteiger partial charge in [0.1, 0.15) is 0 Å². The molecule has 3 nitrogen and oxygen atoms in total. The lowest BCUT2D eigenvalue weighted by atomic mass is 9.81. The van der Waals surface area contributed by atoms with E-state index in [1.807, 2.05) is 24.3 Å². The molecule has 0 bridgehead atoms. The summed E-state index contributed by atoms with van der Waals surface area (Å²) in [7, 11) is 0. The number of ketones is 1. The Kier molecular flexibility index (Phi) is 3.44. The SMILES string of the molecule is CC(=O)c1ccc(N2CCC(O)C(C)(C)C2)cc1. The summed E-state index contributed by atoms with van der Waals surface area (Å²) < 4.78 is 0. The van der Waals surface area contributed by atoms with Gasteiger partial charge in [-0.1, -0.05) is 13.8 Å². The van der Waals surface area contributed by atoms with Crippen LogP contribution in [0, 0.1) is 5.41 Å². The molecular formula is C15H21NO2. The summed E-state index contributed by atoms with van der Waals surface area (Å²) in [5.41, 5.74) is 1.78. The molecule has 1 aromatic rings. The second-order valence-corrected chi connectivity index (χ2v) is 5.82. The lowest BCUT2D eigenvalue weighted by molar-refractivity contribution is 0.0336. The summed E-state index contributed by atoms with van der Waals surface area (Å²) in [5.74, 6) is 0.0935. The summed E-state index contributed by atoms with van der Waals surface area (Å²) in [6.07, 6.45) is 0.562. The minimum atomic E-state index is -0.231. The quantitative estimate of drug-likeness (QED) is 0.816. The largest absolute Gasteiger partial charge is 0.392 e. The summed E-state index contributed by atoms with van der Waals surface area (Å²) in [6.45, 7) is 7.47. The zero-order valence-corrected chi connectivity index (χ0v) is 11.3. The van der Waals surface area contributed by atoms with E-state index < -0.39 is 0 Å². The van der Waals surface area contributed by atoms with Crippen LogP contribution in [0.5, 0.6) is 0 Å². The van der Waals surface area contributed by atoms with Gasteiger partial charge in [0, 0.05) is 29.8 Å². The van der Waals surface area contributed by atoms with E-state index in [0.717, 1.165) is 30.8 Å². The van der Waals surface area contributed by atoms with E-state index in [1.165, 1.54) is 0 Å². The Labute approximate surface area is 108 Å². The highest BCUT2D eigenvalue weighted by molar-refractivity contribution is 5.94. The van der Waals surface area contributed by atoms with E-state index in [4.69, 9.17) is 0 Å². The van der Waals surface area contributed by atoms with Gasteiger partial charge in [0.2, 0.25) is 0 Å². The number of hydrogen-bond donors (Lipinski definition) is 1. The fourth-order valence-electron chi connectivity index (χ4n) is 2.47. The Morgan fingerprint density at radius 2 is 1.94 bits per heavy atom. The zero-order chi connectivity index (χ0) is 13.3. The third kappa shape index (κ3) is 2.56. The lowest BCUT2D eigenvalue weighted by Gasteiger charge is -2.43. The normalized spacial score (nSPS) is 22.9. The Hall–Kier alpha value is -1.35. The highest BCUT2D eigenvalue weighted by Gasteiger charge is 2.34. The molecule has 0 aromatic heterocycles. The number of carbonyl (C=O) groups excluding carboxylic acids is 1. The molecule has 0 radical (unpaired) electrons. The number of nitrogens with zero attached hydrogens (tertiary/aromatic N) is 1. The second-order valence-electron chi connectivity index (χ2n) is 5.82. The van der Waals surface area contributed by atoms with Crippen molar-refractivity contribution in [3.05, 3.63) is 29.8 Å². The third-order valence-electron chi connectivity index (χ3n) is 3.81. The number of aliphatic hydroxyl groups excluding tert-OH is 1. The Bertz CT molecular complexity index is 436. The van der Waals surface area contributed by atoms with Crippen LogP contribution >= 0.6 is 0 Å². The molecule has 0 spiro atoms. The van der Waals surface area contributed by atoms with Gasteiger partial charge in [-0.15, -0.1) is 0 Å². The maximum Gasteiger partial charge on any atom is 0.159 e. The van der Waals surface area contributed by atoms with Gasteiger partial charge in [0.25, 0.3) is 0 Å². The molecule has 2 rings (SSSR count). The summed E-state index contributed by atoms with van der Waals surface area (Å²) in [5, 5.41) is 9.95. The first kappa shape index (κ1) is 13.1. The van der Waals surface area contributed by atoms with Crippen molar-refractivity contribution in [2.24, 2.45) is 5.41 Å². The van der Waals surface area contributed by atoms with Crippen molar-refractivity contribution < 1.29 is 9.90 Å². The first-order valence-electron chi connectivity index (χ1n) is 6.44. The molecule has 0 saturated carbocycles. The summed E-state index contributed by atoms with van der Waals surface area (Å²) >= 11 is 0. The van der Waals surface area contributed by atoms with Crippen LogP contribution in [0.25, 0.3) is 0 Å². The van der Waals surface area contributed by atoms with Crippen LogP contribution < -0.4 is 4.90 Å². The van der Waals surface area contributed by atoms with Crippen molar-refractivity contribution in [2.45, 2.75) is 33.3 Å². The monoisotopic (exact) mass is 247 g/mol. The first-order chi connectivity index (χ1) is 8.40. The van der Waals surface area contributed by atoms with Crippen molar-refractivity contribution in [3.63, 3.8) is 0 Å². The van der Waals surface area contributed by atoms with Crippen molar-refractivity contribution >= 4 is 11.5 Å². The molecular weight excluding hydrogens is 226 g/mol. The highest BCUT2D eigenvalue weighted by Crippen LogP contribution is 2.32. The predicted octanol–water partition coefficient (Wildman–Crippen LogP) is 2.49. The highest BCUT2D eigenvalue weighted by atomic mass is 16.3. The Balaban J connectivity index is 2.15. The van der Waals surface area contributed by atoms with Crippen LogP contribution in [0.3, 0.4) is 0 Å². The predicted molar refractivity (Wildman–Crippen MR) is 73.1 cm³/mol. The van der Waals surface area contributed by atoms with Gasteiger partial charge in [0.15, 0.2) is 5.78 Å². The number of anilines is 1. The van der Waals surface area contributed by atoms with Crippen LogP contribution in [0.2, 0.25) is 0 Å². The van der Waals surface area contributed by atoms with Crippen LogP contribution in [-0.2, 0) is 0 Å². The van der Waals surface area contributed by atoms with Crippen molar-refractivity contribution in [2.75, 3.05) is 18.0 Å². The van der Waals surface area contributed by atoms with Crippen molar-refractivity contribution in [3.8, 4) is 0 Å². The molecule has 1 fully saturated rings. The maximum absolute atomic E-state index is 11.2. The minimum Gasteiger partial charge on any atom is -0.392 e. The fourth-order valence-corrected chi connectivity index (χ4v) is 2.47. The van der Waals surface area contributed by atoms with Crippen molar-refractivity contribution in [1.82, 2.24) is 0 Å². The number of carbonyl (C=O) groups is 1. The zero-order valence-electron chi connectivity index (χ0n) is 11.3. The third-order valence-corrected chi connectivity index (χ3v) is 3.81. The average Bonchev–Trinajstić information content (AvgIpc) is 2.33. The van der Waals surface area contributed by atoms with Crippen LogP contribution in [0.1, 0.15) is 37.6 Å². The van der Waals surface area contributed by atoms with Crippen molar-refractivity contribution in [1.29, 1.82) is 0 Å². The van der Waals surface area contributed by atoms with Crippen LogP contribution in [0.15, 0.2) is 24.3 Å². The topological polar surface area (TPSA) is 40.5 Å². The molecule has 98 valence electrons. The molecule has 0 amide bonds. The Morgan fingerprint density at radius 1 is 1.33 bits per heavy atom. The van der Waals surface area contributed by atoms with Gasteiger partial charge < -0.3 is 10.0 Å². The number of benzene rings is 1. The fraction of sp³-hybridized carbons (Fsp3) is 0.533.